The molecule has 1 saturated heterocycles. The lowest BCUT2D eigenvalue weighted by Crippen LogP contribution is -2.37. The summed E-state index contributed by atoms with van der Waals surface area (Å²) in [5.41, 5.74) is 0. The van der Waals surface area contributed by atoms with Crippen molar-refractivity contribution in [3.63, 3.8) is 0 Å². The zero-order valence-electron chi connectivity index (χ0n) is 14.3. The average Bonchev–Trinajstić information content (AvgIpc) is 3.31. The normalized spacial score (nSPS) is 20.0. The van der Waals surface area contributed by atoms with E-state index in [-0.39, 0.29) is 5.91 Å². The fraction of sp³-hybridized carbons (Fsp3) is 0.632. The Morgan fingerprint density at radius 3 is 2.67 bits per heavy atom. The maximum absolute atomic E-state index is 12.4. The molecule has 1 aliphatic carbocycles. The van der Waals surface area contributed by atoms with Gasteiger partial charge in [0, 0.05) is 36.9 Å². The lowest BCUT2D eigenvalue weighted by molar-refractivity contribution is 0.0950. The summed E-state index contributed by atoms with van der Waals surface area (Å²) >= 11 is 1.62. The highest BCUT2D eigenvalue weighted by atomic mass is 32.1. The summed E-state index contributed by atoms with van der Waals surface area (Å²) in [5, 5.41) is 4.31. The van der Waals surface area contributed by atoms with Crippen LogP contribution in [0.15, 0.2) is 18.5 Å². The molecule has 2 aliphatic rings. The molecule has 130 valence electrons. The van der Waals surface area contributed by atoms with Crippen LogP contribution in [0.1, 0.15) is 60.7 Å². The van der Waals surface area contributed by atoms with Crippen LogP contribution < -0.4 is 5.32 Å². The number of nitrogens with one attached hydrogen (secondary N) is 1. The minimum atomic E-state index is 0.0839. The maximum atomic E-state index is 12.4. The minimum Gasteiger partial charge on any atom is -0.350 e. The number of carbonyl (C=O) groups excluding carboxylic acids is 1. The van der Waals surface area contributed by atoms with Gasteiger partial charge in [-0.3, -0.25) is 4.79 Å². The van der Waals surface area contributed by atoms with Crippen LogP contribution in [0.25, 0.3) is 10.1 Å². The van der Waals surface area contributed by atoms with E-state index in [0.717, 1.165) is 18.0 Å². The molecule has 24 heavy (non-hydrogen) atoms. The predicted molar refractivity (Wildman–Crippen MR) is 99.9 cm³/mol. The number of rotatable bonds is 5. The van der Waals surface area contributed by atoms with Crippen LogP contribution in [0.5, 0.6) is 0 Å². The van der Waals surface area contributed by atoms with Crippen molar-refractivity contribution in [2.75, 3.05) is 26.2 Å². The lowest BCUT2D eigenvalue weighted by atomic mass is 10.1. The smallest absolute Gasteiger partial charge is 0.261 e. The molecular formula is C19H27N3OS. The number of fused-ring (bicyclic) bond motifs is 1. The first-order valence-corrected chi connectivity index (χ1v) is 10.2. The molecule has 5 heteroatoms. The zero-order chi connectivity index (χ0) is 16.4. The van der Waals surface area contributed by atoms with E-state index in [1.165, 1.54) is 68.1 Å². The Labute approximate surface area is 147 Å². The fourth-order valence-corrected chi connectivity index (χ4v) is 5.07. The molecule has 2 fully saturated rings. The Kier molecular flexibility index (Phi) is 4.90. The largest absolute Gasteiger partial charge is 0.350 e. The molecule has 2 aromatic rings. The number of hydrogen-bond donors (Lipinski definition) is 1. The second kappa shape index (κ2) is 7.28. The van der Waals surface area contributed by atoms with Gasteiger partial charge in [0.15, 0.2) is 0 Å². The van der Waals surface area contributed by atoms with Gasteiger partial charge in [0.2, 0.25) is 0 Å². The third kappa shape index (κ3) is 3.52. The highest BCUT2D eigenvalue weighted by Gasteiger charge is 2.18. The SMILES string of the molecule is O=C(NCCN1CCCCC1)c1cc2cn(C3CCCC3)cc2s1. The lowest BCUT2D eigenvalue weighted by Gasteiger charge is -2.26. The minimum absolute atomic E-state index is 0.0839. The number of piperidine rings is 1. The molecule has 0 unspecified atom stereocenters. The van der Waals surface area contributed by atoms with Crippen molar-refractivity contribution >= 4 is 27.3 Å². The van der Waals surface area contributed by atoms with E-state index < -0.39 is 0 Å². The standard InChI is InChI=1S/C19H27N3OS/c23-19(20-8-11-21-9-4-1-5-10-21)17-12-15-13-22(14-18(15)24-17)16-6-2-3-7-16/h12-14,16H,1-11H2,(H,20,23). The number of hydrogen-bond acceptors (Lipinski definition) is 3. The van der Waals surface area contributed by atoms with Crippen molar-refractivity contribution in [1.29, 1.82) is 0 Å². The summed E-state index contributed by atoms with van der Waals surface area (Å²) in [4.78, 5) is 15.7. The van der Waals surface area contributed by atoms with E-state index in [1.807, 2.05) is 0 Å². The Balaban J connectivity index is 1.33. The predicted octanol–water partition coefficient (Wildman–Crippen LogP) is 4.03. The number of thiophene rings is 1. The maximum Gasteiger partial charge on any atom is 0.261 e. The summed E-state index contributed by atoms with van der Waals surface area (Å²) < 4.78 is 3.61. The molecule has 4 nitrogen and oxygen atoms in total. The number of amides is 1. The first-order valence-electron chi connectivity index (χ1n) is 9.41. The molecule has 0 radical (unpaired) electrons. The number of nitrogens with zero attached hydrogens (tertiary/aromatic N) is 2. The van der Waals surface area contributed by atoms with E-state index in [0.29, 0.717) is 6.04 Å². The molecule has 0 spiro atoms. The Morgan fingerprint density at radius 1 is 1.12 bits per heavy atom. The van der Waals surface area contributed by atoms with Gasteiger partial charge in [0.25, 0.3) is 5.91 Å². The molecule has 0 aromatic carbocycles. The van der Waals surface area contributed by atoms with Crippen LogP contribution in [0.2, 0.25) is 0 Å². The van der Waals surface area contributed by atoms with Gasteiger partial charge in [-0.1, -0.05) is 19.3 Å². The van der Waals surface area contributed by atoms with Crippen molar-refractivity contribution in [3.8, 4) is 0 Å². The van der Waals surface area contributed by atoms with Crippen molar-refractivity contribution in [1.82, 2.24) is 14.8 Å². The number of likely N-dealkylation sites (tertiary alicyclic amines) is 1. The average molecular weight is 346 g/mol. The Morgan fingerprint density at radius 2 is 1.92 bits per heavy atom. The van der Waals surface area contributed by atoms with E-state index in [1.54, 1.807) is 11.3 Å². The molecule has 1 N–H and O–H groups in total. The molecule has 1 amide bonds. The highest BCUT2D eigenvalue weighted by molar-refractivity contribution is 7.20. The van der Waals surface area contributed by atoms with Crippen LogP contribution in [-0.2, 0) is 0 Å². The van der Waals surface area contributed by atoms with Gasteiger partial charge in [-0.15, -0.1) is 11.3 Å². The number of carbonyl (C=O) groups is 1. The van der Waals surface area contributed by atoms with Crippen LogP contribution in [-0.4, -0.2) is 41.6 Å². The van der Waals surface area contributed by atoms with E-state index in [9.17, 15) is 4.79 Å². The van der Waals surface area contributed by atoms with Gasteiger partial charge in [0.05, 0.1) is 9.58 Å². The van der Waals surface area contributed by atoms with Gasteiger partial charge in [0.1, 0.15) is 0 Å². The van der Waals surface area contributed by atoms with Gasteiger partial charge in [-0.25, -0.2) is 0 Å². The Hall–Kier alpha value is -1.33. The van der Waals surface area contributed by atoms with Gasteiger partial charge >= 0.3 is 0 Å². The molecule has 3 heterocycles. The summed E-state index contributed by atoms with van der Waals surface area (Å²) in [6, 6.07) is 2.73. The van der Waals surface area contributed by atoms with Gasteiger partial charge < -0.3 is 14.8 Å². The summed E-state index contributed by atoms with van der Waals surface area (Å²) in [6.45, 7) is 4.10. The summed E-state index contributed by atoms with van der Waals surface area (Å²) in [7, 11) is 0. The quantitative estimate of drug-likeness (QED) is 0.888. The Bertz CT molecular complexity index is 661. The first-order chi connectivity index (χ1) is 11.8. The van der Waals surface area contributed by atoms with E-state index in [2.05, 4.69) is 33.2 Å². The first kappa shape index (κ1) is 16.2. The second-order valence-electron chi connectivity index (χ2n) is 7.23. The molecule has 1 saturated carbocycles. The number of aromatic nitrogens is 1. The molecule has 0 atom stereocenters. The highest BCUT2D eigenvalue weighted by Crippen LogP contribution is 2.34. The van der Waals surface area contributed by atoms with E-state index in [4.69, 9.17) is 0 Å². The second-order valence-corrected chi connectivity index (χ2v) is 8.32. The van der Waals surface area contributed by atoms with Crippen molar-refractivity contribution < 1.29 is 4.79 Å². The molecular weight excluding hydrogens is 318 g/mol. The van der Waals surface area contributed by atoms with Crippen molar-refractivity contribution in [2.24, 2.45) is 0 Å². The van der Waals surface area contributed by atoms with Gasteiger partial charge in [-0.2, -0.15) is 0 Å². The topological polar surface area (TPSA) is 37.3 Å². The van der Waals surface area contributed by atoms with Crippen LogP contribution in [0.3, 0.4) is 0 Å². The molecule has 1 aliphatic heterocycles. The zero-order valence-corrected chi connectivity index (χ0v) is 15.1. The van der Waals surface area contributed by atoms with Crippen LogP contribution >= 0.6 is 11.3 Å². The monoisotopic (exact) mass is 345 g/mol. The van der Waals surface area contributed by atoms with Crippen molar-refractivity contribution in [3.05, 3.63) is 23.3 Å². The molecule has 4 rings (SSSR count). The van der Waals surface area contributed by atoms with Crippen LogP contribution in [0, 0.1) is 0 Å². The van der Waals surface area contributed by atoms with Gasteiger partial charge in [-0.05, 0) is 44.8 Å². The molecule has 0 bridgehead atoms. The third-order valence-corrected chi connectivity index (χ3v) is 6.56. The fourth-order valence-electron chi connectivity index (χ4n) is 4.08. The summed E-state index contributed by atoms with van der Waals surface area (Å²) in [6.07, 6.45) is 13.7. The molecule has 2 aromatic heterocycles. The van der Waals surface area contributed by atoms with Crippen LogP contribution in [0.4, 0.5) is 0 Å². The van der Waals surface area contributed by atoms with E-state index >= 15 is 0 Å². The summed E-state index contributed by atoms with van der Waals surface area (Å²) in [5.74, 6) is 0.0839. The third-order valence-electron chi connectivity index (χ3n) is 5.48. The van der Waals surface area contributed by atoms with Crippen molar-refractivity contribution in [2.45, 2.75) is 51.0 Å².